The summed E-state index contributed by atoms with van der Waals surface area (Å²) in [5.41, 5.74) is 2.71. The molecule has 0 unspecified atom stereocenters. The number of nitrogens with one attached hydrogen (secondary N) is 1. The molecule has 2 aromatic carbocycles. The Hall–Kier alpha value is -2.93. The van der Waals surface area contributed by atoms with Crippen LogP contribution in [0.5, 0.6) is 0 Å². The average Bonchev–Trinajstić information content (AvgIpc) is 3.28. The van der Waals surface area contributed by atoms with Gasteiger partial charge in [-0.25, -0.2) is 9.18 Å². The Labute approximate surface area is 187 Å². The Balaban J connectivity index is 1.33. The molecule has 0 spiro atoms. The first kappa shape index (κ1) is 20.9. The summed E-state index contributed by atoms with van der Waals surface area (Å²) in [6.45, 7) is 0.390. The lowest BCUT2D eigenvalue weighted by molar-refractivity contribution is -0.159. The van der Waals surface area contributed by atoms with Gasteiger partial charge in [-0.1, -0.05) is 49.2 Å². The molecule has 7 heteroatoms. The second-order valence-electron chi connectivity index (χ2n) is 9.09. The number of piperazine rings is 1. The fourth-order valence-electron chi connectivity index (χ4n) is 5.56. The largest absolute Gasteiger partial charge is 0.394 e. The maximum Gasteiger partial charge on any atom is 0.318 e. The minimum absolute atomic E-state index is 0.0485. The Kier molecular flexibility index (Phi) is 5.59. The van der Waals surface area contributed by atoms with Crippen LogP contribution in [0.15, 0.2) is 48.5 Å². The van der Waals surface area contributed by atoms with Gasteiger partial charge in [0.25, 0.3) is 0 Å². The van der Waals surface area contributed by atoms with E-state index in [1.54, 1.807) is 15.9 Å². The Morgan fingerprint density at radius 3 is 2.53 bits per heavy atom. The number of amides is 3. The van der Waals surface area contributed by atoms with E-state index >= 15 is 0 Å². The van der Waals surface area contributed by atoms with E-state index in [1.165, 1.54) is 12.1 Å². The highest BCUT2D eigenvalue weighted by molar-refractivity contribution is 5.87. The van der Waals surface area contributed by atoms with Crippen molar-refractivity contribution in [3.63, 3.8) is 0 Å². The predicted octanol–water partition coefficient (Wildman–Crippen LogP) is 3.12. The van der Waals surface area contributed by atoms with Crippen molar-refractivity contribution in [2.45, 2.75) is 49.7 Å². The zero-order valence-electron chi connectivity index (χ0n) is 17.9. The van der Waals surface area contributed by atoms with Crippen molar-refractivity contribution in [1.29, 1.82) is 0 Å². The summed E-state index contributed by atoms with van der Waals surface area (Å²) in [5, 5.41) is 13.0. The van der Waals surface area contributed by atoms with Crippen LogP contribution in [0.3, 0.4) is 0 Å². The molecule has 1 aliphatic carbocycles. The third-order valence-electron chi connectivity index (χ3n) is 7.18. The van der Waals surface area contributed by atoms with E-state index < -0.39 is 0 Å². The topological polar surface area (TPSA) is 72.9 Å². The van der Waals surface area contributed by atoms with Crippen molar-refractivity contribution >= 4 is 11.9 Å². The molecule has 1 saturated carbocycles. The second kappa shape index (κ2) is 8.54. The number of halogens is 1. The highest BCUT2D eigenvalue weighted by Crippen LogP contribution is 2.43. The van der Waals surface area contributed by atoms with E-state index in [9.17, 15) is 19.1 Å². The van der Waals surface area contributed by atoms with Crippen LogP contribution in [-0.2, 0) is 4.79 Å². The first-order chi connectivity index (χ1) is 15.5. The van der Waals surface area contributed by atoms with E-state index in [2.05, 4.69) is 5.32 Å². The number of hydrogen-bond acceptors (Lipinski definition) is 3. The van der Waals surface area contributed by atoms with Gasteiger partial charge < -0.3 is 20.2 Å². The summed E-state index contributed by atoms with van der Waals surface area (Å²) in [6, 6.07) is 13.9. The standard InChI is InChI=1S/C25H28FN3O3/c26-19-5-3-4-18(12-19)16-8-10-17(11-9-16)24-21-13-28(14-23(31)29(21)22(24)15-30)25(32)27-20-6-1-2-7-20/h3-5,8-12,20-22,24,30H,1-2,6-7,13-15H2,(H,27,32)/t21-,22+,24+/m0/s1. The molecule has 32 heavy (non-hydrogen) atoms. The Morgan fingerprint density at radius 2 is 1.84 bits per heavy atom. The van der Waals surface area contributed by atoms with Crippen LogP contribution in [0.2, 0.25) is 0 Å². The number of aliphatic hydroxyl groups excluding tert-OH is 1. The maximum atomic E-state index is 13.6. The molecule has 2 N–H and O–H groups in total. The van der Waals surface area contributed by atoms with Gasteiger partial charge in [0.15, 0.2) is 0 Å². The van der Waals surface area contributed by atoms with Gasteiger partial charge in [0.1, 0.15) is 12.4 Å². The molecule has 168 valence electrons. The summed E-state index contributed by atoms with van der Waals surface area (Å²) in [6.07, 6.45) is 4.25. The molecule has 2 heterocycles. The van der Waals surface area contributed by atoms with E-state index in [1.807, 2.05) is 30.3 Å². The second-order valence-corrected chi connectivity index (χ2v) is 9.09. The van der Waals surface area contributed by atoms with Gasteiger partial charge in [-0.15, -0.1) is 0 Å². The van der Waals surface area contributed by atoms with E-state index in [0.717, 1.165) is 42.4 Å². The normalized spacial score (nSPS) is 25.4. The molecule has 2 aromatic rings. The molecule has 3 atom stereocenters. The average molecular weight is 438 g/mol. The van der Waals surface area contributed by atoms with Crippen molar-refractivity contribution in [2.24, 2.45) is 0 Å². The van der Waals surface area contributed by atoms with Gasteiger partial charge in [-0.3, -0.25) is 4.79 Å². The molecule has 3 amide bonds. The fraction of sp³-hybridized carbons (Fsp3) is 0.440. The summed E-state index contributed by atoms with van der Waals surface area (Å²) in [5.74, 6) is -0.444. The molecule has 0 radical (unpaired) electrons. The van der Waals surface area contributed by atoms with Crippen molar-refractivity contribution in [1.82, 2.24) is 15.1 Å². The molecule has 5 rings (SSSR count). The van der Waals surface area contributed by atoms with Crippen molar-refractivity contribution in [3.05, 3.63) is 59.9 Å². The molecule has 6 nitrogen and oxygen atoms in total. The van der Waals surface area contributed by atoms with Gasteiger partial charge in [-0.2, -0.15) is 0 Å². The first-order valence-electron chi connectivity index (χ1n) is 11.4. The minimum Gasteiger partial charge on any atom is -0.394 e. The lowest BCUT2D eigenvalue weighted by Crippen LogP contribution is -2.74. The molecule has 3 fully saturated rings. The number of fused-ring (bicyclic) bond motifs is 1. The van der Waals surface area contributed by atoms with Crippen LogP contribution in [0.4, 0.5) is 9.18 Å². The summed E-state index contributed by atoms with van der Waals surface area (Å²) in [7, 11) is 0. The van der Waals surface area contributed by atoms with Crippen molar-refractivity contribution in [2.75, 3.05) is 19.7 Å². The van der Waals surface area contributed by atoms with Crippen LogP contribution in [0.1, 0.15) is 37.2 Å². The maximum absolute atomic E-state index is 13.6. The van der Waals surface area contributed by atoms with Gasteiger partial charge in [-0.05, 0) is 41.7 Å². The number of carbonyl (C=O) groups excluding carboxylic acids is 2. The highest BCUT2D eigenvalue weighted by atomic mass is 19.1. The van der Waals surface area contributed by atoms with Crippen LogP contribution in [-0.4, -0.2) is 64.7 Å². The minimum atomic E-state index is -0.285. The van der Waals surface area contributed by atoms with Gasteiger partial charge in [0, 0.05) is 18.5 Å². The Morgan fingerprint density at radius 1 is 1.09 bits per heavy atom. The summed E-state index contributed by atoms with van der Waals surface area (Å²) < 4.78 is 13.6. The molecule has 2 saturated heterocycles. The quantitative estimate of drug-likeness (QED) is 0.772. The van der Waals surface area contributed by atoms with Crippen LogP contribution >= 0.6 is 0 Å². The van der Waals surface area contributed by atoms with E-state index in [0.29, 0.717) is 6.54 Å². The van der Waals surface area contributed by atoms with Crippen molar-refractivity contribution < 1.29 is 19.1 Å². The smallest absolute Gasteiger partial charge is 0.318 e. The summed E-state index contributed by atoms with van der Waals surface area (Å²) >= 11 is 0. The number of hydrogen-bond donors (Lipinski definition) is 2. The fourth-order valence-corrected chi connectivity index (χ4v) is 5.56. The Bertz CT molecular complexity index is 1010. The van der Waals surface area contributed by atoms with Gasteiger partial charge in [0.05, 0.1) is 18.7 Å². The number of benzene rings is 2. The molecule has 0 aromatic heterocycles. The lowest BCUT2D eigenvalue weighted by atomic mass is 9.73. The first-order valence-corrected chi connectivity index (χ1v) is 11.4. The van der Waals surface area contributed by atoms with Crippen molar-refractivity contribution in [3.8, 4) is 11.1 Å². The molecule has 2 aliphatic heterocycles. The van der Waals surface area contributed by atoms with Crippen LogP contribution < -0.4 is 5.32 Å². The SMILES string of the molecule is O=C(NC1CCCC1)N1CC(=O)N2[C@H](CO)[C@H](c3ccc(-c4cccc(F)c4)cc3)[C@@H]2C1. The molecular weight excluding hydrogens is 409 g/mol. The zero-order chi connectivity index (χ0) is 22.2. The number of carbonyl (C=O) groups is 2. The zero-order valence-corrected chi connectivity index (χ0v) is 17.9. The van der Waals surface area contributed by atoms with E-state index in [-0.39, 0.29) is 55.0 Å². The summed E-state index contributed by atoms with van der Waals surface area (Å²) in [4.78, 5) is 28.9. The number of aliphatic hydroxyl groups is 1. The highest BCUT2D eigenvalue weighted by Gasteiger charge is 2.54. The van der Waals surface area contributed by atoms with E-state index in [4.69, 9.17) is 0 Å². The molecule has 3 aliphatic rings. The monoisotopic (exact) mass is 437 g/mol. The van der Waals surface area contributed by atoms with Crippen LogP contribution in [0.25, 0.3) is 11.1 Å². The molecular formula is C25H28FN3O3. The molecule has 0 bridgehead atoms. The third kappa shape index (κ3) is 3.75. The predicted molar refractivity (Wildman–Crippen MR) is 118 cm³/mol. The third-order valence-corrected chi connectivity index (χ3v) is 7.18. The van der Waals surface area contributed by atoms with Gasteiger partial charge in [0.2, 0.25) is 5.91 Å². The number of nitrogens with zero attached hydrogens (tertiary/aromatic N) is 2. The number of rotatable bonds is 4. The van der Waals surface area contributed by atoms with Crippen LogP contribution in [0, 0.1) is 5.82 Å². The lowest BCUT2D eigenvalue weighted by Gasteiger charge is -2.58. The van der Waals surface area contributed by atoms with Gasteiger partial charge >= 0.3 is 6.03 Å². The number of urea groups is 1.